The van der Waals surface area contributed by atoms with Gasteiger partial charge in [0.25, 0.3) is 5.91 Å². The fourth-order valence-corrected chi connectivity index (χ4v) is 2.77. The maximum Gasteiger partial charge on any atom is 0.271 e. The second-order valence-corrected chi connectivity index (χ2v) is 5.87. The second-order valence-electron chi connectivity index (χ2n) is 4.81. The molecule has 0 unspecified atom stereocenters. The van der Waals surface area contributed by atoms with E-state index in [1.165, 1.54) is 16.7 Å². The van der Waals surface area contributed by atoms with Crippen molar-refractivity contribution < 1.29 is 4.79 Å². The zero-order valence-corrected chi connectivity index (χ0v) is 12.2. The molecule has 0 aliphatic carbocycles. The van der Waals surface area contributed by atoms with E-state index in [4.69, 9.17) is 0 Å². The molecule has 1 aromatic carbocycles. The molecule has 0 fully saturated rings. The van der Waals surface area contributed by atoms with Crippen LogP contribution in [0.5, 0.6) is 0 Å². The van der Waals surface area contributed by atoms with Crippen molar-refractivity contribution in [2.24, 2.45) is 0 Å². The molecule has 0 aliphatic rings. The molecule has 0 radical (unpaired) electrons. The number of hydrogen-bond acceptors (Lipinski definition) is 3. The summed E-state index contributed by atoms with van der Waals surface area (Å²) >= 11 is 1.48. The van der Waals surface area contributed by atoms with E-state index in [0.717, 1.165) is 21.8 Å². The number of carbonyl (C=O) groups excluding carboxylic acids is 1. The second kappa shape index (κ2) is 5.09. The Bertz CT molecular complexity index is 772. The van der Waals surface area contributed by atoms with Crippen molar-refractivity contribution in [3.63, 3.8) is 0 Å². The topological polar surface area (TPSA) is 57.8 Å². The number of amides is 1. The van der Waals surface area contributed by atoms with Crippen LogP contribution in [-0.4, -0.2) is 15.9 Å². The summed E-state index contributed by atoms with van der Waals surface area (Å²) in [5.41, 5.74) is 3.83. The lowest BCUT2D eigenvalue weighted by Gasteiger charge is -2.03. The summed E-state index contributed by atoms with van der Waals surface area (Å²) < 4.78 is 0. The first-order valence-corrected chi connectivity index (χ1v) is 7.28. The minimum atomic E-state index is -0.125. The third-order valence-electron chi connectivity index (χ3n) is 3.12. The van der Waals surface area contributed by atoms with Crippen LogP contribution >= 0.6 is 11.3 Å². The average molecular weight is 285 g/mol. The van der Waals surface area contributed by atoms with Gasteiger partial charge in [-0.15, -0.1) is 11.3 Å². The number of benzene rings is 1. The van der Waals surface area contributed by atoms with Crippen LogP contribution in [-0.2, 0) is 6.54 Å². The van der Waals surface area contributed by atoms with E-state index in [-0.39, 0.29) is 5.91 Å². The van der Waals surface area contributed by atoms with Gasteiger partial charge in [-0.1, -0.05) is 6.07 Å². The Morgan fingerprint density at radius 2 is 2.20 bits per heavy atom. The molecule has 0 aliphatic heterocycles. The van der Waals surface area contributed by atoms with Gasteiger partial charge in [-0.2, -0.15) is 0 Å². The number of aryl methyl sites for hydroxylation is 2. The maximum atomic E-state index is 11.9. The van der Waals surface area contributed by atoms with Gasteiger partial charge in [0.05, 0.1) is 5.01 Å². The van der Waals surface area contributed by atoms with Crippen molar-refractivity contribution in [1.82, 2.24) is 15.3 Å². The van der Waals surface area contributed by atoms with Crippen molar-refractivity contribution in [3.05, 3.63) is 51.6 Å². The predicted molar refractivity (Wildman–Crippen MR) is 81.1 cm³/mol. The predicted octanol–water partition coefficient (Wildman–Crippen LogP) is 3.17. The van der Waals surface area contributed by atoms with Crippen LogP contribution in [0.3, 0.4) is 0 Å². The zero-order valence-electron chi connectivity index (χ0n) is 11.4. The van der Waals surface area contributed by atoms with Gasteiger partial charge in [-0.25, -0.2) is 4.98 Å². The van der Waals surface area contributed by atoms with Crippen LogP contribution in [0.4, 0.5) is 0 Å². The van der Waals surface area contributed by atoms with Crippen molar-refractivity contribution in [2.45, 2.75) is 20.4 Å². The standard InChI is InChI=1S/C15H15N3OS/c1-9-5-12-6-11(3-4-13(12)17-9)7-16-15(19)14-8-20-10(2)18-14/h3-6,8,17H,7H2,1-2H3,(H,16,19). The largest absolute Gasteiger partial charge is 0.359 e. The molecule has 102 valence electrons. The highest BCUT2D eigenvalue weighted by Gasteiger charge is 2.09. The van der Waals surface area contributed by atoms with Crippen molar-refractivity contribution in [2.75, 3.05) is 0 Å². The molecule has 1 amide bonds. The highest BCUT2D eigenvalue weighted by molar-refractivity contribution is 7.09. The third kappa shape index (κ3) is 2.58. The zero-order chi connectivity index (χ0) is 14.1. The number of hydrogen-bond donors (Lipinski definition) is 2. The van der Waals surface area contributed by atoms with E-state index in [2.05, 4.69) is 27.4 Å². The summed E-state index contributed by atoms with van der Waals surface area (Å²) in [6.07, 6.45) is 0. The summed E-state index contributed by atoms with van der Waals surface area (Å²) in [5, 5.41) is 6.74. The highest BCUT2D eigenvalue weighted by atomic mass is 32.1. The Hall–Kier alpha value is -2.14. The number of carbonyl (C=O) groups is 1. The fourth-order valence-electron chi connectivity index (χ4n) is 2.18. The highest BCUT2D eigenvalue weighted by Crippen LogP contribution is 2.17. The first-order valence-electron chi connectivity index (χ1n) is 6.40. The van der Waals surface area contributed by atoms with Gasteiger partial charge >= 0.3 is 0 Å². The van der Waals surface area contributed by atoms with Gasteiger partial charge in [-0.3, -0.25) is 4.79 Å². The summed E-state index contributed by atoms with van der Waals surface area (Å²) in [6.45, 7) is 4.44. The molecular formula is C15H15N3OS. The summed E-state index contributed by atoms with van der Waals surface area (Å²) in [7, 11) is 0. The van der Waals surface area contributed by atoms with Crippen molar-refractivity contribution >= 4 is 28.1 Å². The molecule has 0 saturated heterocycles. The van der Waals surface area contributed by atoms with Crippen LogP contribution < -0.4 is 5.32 Å². The van der Waals surface area contributed by atoms with E-state index in [0.29, 0.717) is 12.2 Å². The van der Waals surface area contributed by atoms with Gasteiger partial charge in [0, 0.05) is 23.1 Å². The molecule has 20 heavy (non-hydrogen) atoms. The van der Waals surface area contributed by atoms with Gasteiger partial charge in [-0.05, 0) is 43.0 Å². The number of nitrogens with one attached hydrogen (secondary N) is 2. The quantitative estimate of drug-likeness (QED) is 0.776. The first kappa shape index (κ1) is 12.9. The molecule has 0 spiro atoms. The van der Waals surface area contributed by atoms with E-state index in [9.17, 15) is 4.79 Å². The van der Waals surface area contributed by atoms with Crippen LogP contribution in [0, 0.1) is 13.8 Å². The number of fused-ring (bicyclic) bond motifs is 1. The smallest absolute Gasteiger partial charge is 0.271 e. The van der Waals surface area contributed by atoms with E-state index in [1.807, 2.05) is 26.0 Å². The van der Waals surface area contributed by atoms with Crippen LogP contribution in [0.25, 0.3) is 10.9 Å². The molecule has 3 rings (SSSR count). The van der Waals surface area contributed by atoms with Crippen LogP contribution in [0.15, 0.2) is 29.6 Å². The van der Waals surface area contributed by atoms with Crippen molar-refractivity contribution in [1.29, 1.82) is 0 Å². The minimum absolute atomic E-state index is 0.125. The third-order valence-corrected chi connectivity index (χ3v) is 3.90. The first-order chi connectivity index (χ1) is 9.61. The molecule has 3 aromatic rings. The lowest BCUT2D eigenvalue weighted by Crippen LogP contribution is -2.23. The summed E-state index contributed by atoms with van der Waals surface area (Å²) in [5.74, 6) is -0.125. The Labute approximate surface area is 120 Å². The lowest BCUT2D eigenvalue weighted by atomic mass is 10.1. The van der Waals surface area contributed by atoms with Gasteiger partial charge < -0.3 is 10.3 Å². The Morgan fingerprint density at radius 1 is 1.35 bits per heavy atom. The maximum absolute atomic E-state index is 11.9. The number of thiazole rings is 1. The summed E-state index contributed by atoms with van der Waals surface area (Å²) in [4.78, 5) is 19.4. The molecule has 5 heteroatoms. The molecule has 2 aromatic heterocycles. The van der Waals surface area contributed by atoms with E-state index < -0.39 is 0 Å². The van der Waals surface area contributed by atoms with Crippen LogP contribution in [0.2, 0.25) is 0 Å². The average Bonchev–Trinajstić information content (AvgIpc) is 3.00. The molecule has 0 bridgehead atoms. The fraction of sp³-hybridized carbons (Fsp3) is 0.200. The van der Waals surface area contributed by atoms with Crippen LogP contribution in [0.1, 0.15) is 26.8 Å². The van der Waals surface area contributed by atoms with E-state index in [1.54, 1.807) is 5.38 Å². The molecular weight excluding hydrogens is 270 g/mol. The number of nitrogens with zero attached hydrogens (tertiary/aromatic N) is 1. The SMILES string of the molecule is Cc1cc2cc(CNC(=O)c3csc(C)n3)ccc2[nH]1. The molecule has 2 N–H and O–H groups in total. The van der Waals surface area contributed by atoms with Gasteiger partial charge in [0.15, 0.2) is 0 Å². The number of aromatic amines is 1. The molecule has 4 nitrogen and oxygen atoms in total. The number of H-pyrrole nitrogens is 1. The Morgan fingerprint density at radius 3 is 2.95 bits per heavy atom. The minimum Gasteiger partial charge on any atom is -0.359 e. The number of rotatable bonds is 3. The van der Waals surface area contributed by atoms with Gasteiger partial charge in [0.2, 0.25) is 0 Å². The van der Waals surface area contributed by atoms with E-state index >= 15 is 0 Å². The normalized spacial score (nSPS) is 10.9. The molecule has 0 saturated carbocycles. The van der Waals surface area contributed by atoms with Crippen molar-refractivity contribution in [3.8, 4) is 0 Å². The monoisotopic (exact) mass is 285 g/mol. The Kier molecular flexibility index (Phi) is 3.28. The van der Waals surface area contributed by atoms with Gasteiger partial charge in [0.1, 0.15) is 5.69 Å². The molecule has 0 atom stereocenters. The summed E-state index contributed by atoms with van der Waals surface area (Å²) in [6, 6.07) is 8.25. The number of aromatic nitrogens is 2. The molecule has 2 heterocycles. The lowest BCUT2D eigenvalue weighted by molar-refractivity contribution is 0.0946. The Balaban J connectivity index is 1.71.